The third-order valence-corrected chi connectivity index (χ3v) is 4.84. The van der Waals surface area contributed by atoms with Gasteiger partial charge in [0.15, 0.2) is 0 Å². The van der Waals surface area contributed by atoms with E-state index in [1.165, 1.54) is 17.2 Å². The van der Waals surface area contributed by atoms with Gasteiger partial charge in [-0.05, 0) is 30.9 Å². The average molecular weight is 255 g/mol. The summed E-state index contributed by atoms with van der Waals surface area (Å²) in [4.78, 5) is -0.259. The van der Waals surface area contributed by atoms with Crippen LogP contribution < -0.4 is 0 Å². The first-order chi connectivity index (χ1) is 7.30. The maximum absolute atomic E-state index is 6.35. The van der Waals surface area contributed by atoms with Gasteiger partial charge in [0.1, 0.15) is 0 Å². The fourth-order valence-corrected chi connectivity index (χ4v) is 3.86. The molecule has 0 aliphatic heterocycles. The molecule has 0 radical (unpaired) electrons. The lowest BCUT2D eigenvalue weighted by atomic mass is 9.95. The molecule has 0 amide bonds. The Morgan fingerprint density at radius 2 is 1.94 bits per heavy atom. The summed E-state index contributed by atoms with van der Waals surface area (Å²) in [6.45, 7) is 11.2. The predicted octanol–water partition coefficient (Wildman–Crippen LogP) is 4.75. The Morgan fingerprint density at radius 1 is 1.31 bits per heavy atom. The van der Waals surface area contributed by atoms with Gasteiger partial charge in [-0.25, -0.2) is 0 Å². The molecule has 1 unspecified atom stereocenters. The molecule has 1 rings (SSSR count). The van der Waals surface area contributed by atoms with Gasteiger partial charge >= 0.3 is 0 Å². The van der Waals surface area contributed by atoms with Gasteiger partial charge in [0.25, 0.3) is 0 Å². The monoisotopic (exact) mass is 254 g/mol. The molecule has 0 saturated heterocycles. The molecule has 2 heteroatoms. The van der Waals surface area contributed by atoms with Crippen molar-refractivity contribution in [1.82, 2.24) is 0 Å². The van der Waals surface area contributed by atoms with Crippen molar-refractivity contribution in [2.24, 2.45) is 0 Å². The Morgan fingerprint density at radius 3 is 2.44 bits per heavy atom. The normalized spacial score (nSPS) is 14.2. The van der Waals surface area contributed by atoms with Crippen LogP contribution in [0.4, 0.5) is 0 Å². The van der Waals surface area contributed by atoms with Gasteiger partial charge in [-0.1, -0.05) is 50.3 Å². The largest absolute Gasteiger partial charge is 0.115 e. The van der Waals surface area contributed by atoms with Gasteiger partial charge < -0.3 is 0 Å². The fourth-order valence-electron chi connectivity index (χ4n) is 2.06. The molecule has 0 N–H and O–H groups in total. The molecule has 90 valence electrons. The van der Waals surface area contributed by atoms with Crippen molar-refractivity contribution < 1.29 is 0 Å². The maximum atomic E-state index is 6.35. The quantitative estimate of drug-likeness (QED) is 0.537. The van der Waals surface area contributed by atoms with E-state index in [1.54, 1.807) is 0 Å². The lowest BCUT2D eigenvalue weighted by Gasteiger charge is -2.20. The zero-order valence-electron chi connectivity index (χ0n) is 11.0. The average Bonchev–Trinajstić information content (AvgIpc) is 2.15. The Hall–Kier alpha value is -0.273. The Labute approximate surface area is 107 Å². The summed E-state index contributed by atoms with van der Waals surface area (Å²) in [7, 11) is -0.489. The Bertz CT molecular complexity index is 339. The molecule has 0 aromatic heterocycles. The molecule has 0 aliphatic carbocycles. The minimum atomic E-state index is -0.489. The summed E-state index contributed by atoms with van der Waals surface area (Å²) in [6.07, 6.45) is 0. The van der Waals surface area contributed by atoms with E-state index in [9.17, 15) is 0 Å². The highest BCUT2D eigenvalue weighted by molar-refractivity contribution is 6.55. The molecule has 0 fully saturated rings. The standard InChI is InChI=1S/C14H23ClSi/c1-11(10-16(4)5)12-7-6-8-13(9-12)14(2,3)15/h6-9,11,16H,10H2,1-5H3. The molecule has 16 heavy (non-hydrogen) atoms. The van der Waals surface area contributed by atoms with Crippen molar-refractivity contribution in [3.8, 4) is 0 Å². The highest BCUT2D eigenvalue weighted by Gasteiger charge is 2.17. The van der Waals surface area contributed by atoms with E-state index in [4.69, 9.17) is 11.6 Å². The van der Waals surface area contributed by atoms with E-state index in [2.05, 4.69) is 58.1 Å². The van der Waals surface area contributed by atoms with E-state index >= 15 is 0 Å². The molecule has 0 saturated carbocycles. The summed E-state index contributed by atoms with van der Waals surface area (Å²) in [6, 6.07) is 10.1. The molecule has 0 aliphatic rings. The topological polar surface area (TPSA) is 0 Å². The fraction of sp³-hybridized carbons (Fsp3) is 0.571. The molecule has 0 bridgehead atoms. The van der Waals surface area contributed by atoms with Crippen molar-refractivity contribution >= 4 is 20.4 Å². The van der Waals surface area contributed by atoms with Crippen LogP contribution in [0.25, 0.3) is 0 Å². The molecular formula is C14H23ClSi. The second kappa shape index (κ2) is 5.37. The number of hydrogen-bond acceptors (Lipinski definition) is 0. The van der Waals surface area contributed by atoms with Gasteiger partial charge in [0, 0.05) is 8.80 Å². The summed E-state index contributed by atoms with van der Waals surface area (Å²) in [5.74, 6) is 0.672. The van der Waals surface area contributed by atoms with Crippen molar-refractivity contribution in [1.29, 1.82) is 0 Å². The van der Waals surface area contributed by atoms with Gasteiger partial charge in [-0.15, -0.1) is 11.6 Å². The maximum Gasteiger partial charge on any atom is 0.0638 e. The first-order valence-corrected chi connectivity index (χ1v) is 9.60. The molecular weight excluding hydrogens is 232 g/mol. The highest BCUT2D eigenvalue weighted by atomic mass is 35.5. The number of alkyl halides is 1. The van der Waals surface area contributed by atoms with E-state index in [1.807, 2.05) is 0 Å². The Kier molecular flexibility index (Phi) is 4.63. The number of hydrogen-bond donors (Lipinski definition) is 0. The van der Waals surface area contributed by atoms with Gasteiger partial charge in [-0.3, -0.25) is 0 Å². The van der Waals surface area contributed by atoms with E-state index in [-0.39, 0.29) is 4.87 Å². The molecule has 0 nitrogen and oxygen atoms in total. The zero-order chi connectivity index (χ0) is 12.3. The van der Waals surface area contributed by atoms with E-state index < -0.39 is 8.80 Å². The van der Waals surface area contributed by atoms with Gasteiger partial charge in [0.2, 0.25) is 0 Å². The first-order valence-electron chi connectivity index (χ1n) is 6.10. The third-order valence-electron chi connectivity index (χ3n) is 2.97. The molecule has 1 atom stereocenters. The van der Waals surface area contributed by atoms with Crippen LogP contribution in [0.1, 0.15) is 37.8 Å². The second-order valence-electron chi connectivity index (χ2n) is 5.63. The summed E-state index contributed by atoms with van der Waals surface area (Å²) >= 11 is 6.35. The van der Waals surface area contributed by atoms with Crippen LogP contribution >= 0.6 is 11.6 Å². The highest BCUT2D eigenvalue weighted by Crippen LogP contribution is 2.30. The summed E-state index contributed by atoms with van der Waals surface area (Å²) < 4.78 is 0. The van der Waals surface area contributed by atoms with Crippen LogP contribution in [0.2, 0.25) is 19.1 Å². The van der Waals surface area contributed by atoms with Crippen molar-refractivity contribution in [2.75, 3.05) is 0 Å². The number of rotatable bonds is 4. The molecule has 1 aromatic rings. The first kappa shape index (κ1) is 13.8. The third kappa shape index (κ3) is 3.95. The Balaban J connectivity index is 2.90. The summed E-state index contributed by atoms with van der Waals surface area (Å²) in [5.41, 5.74) is 2.66. The van der Waals surface area contributed by atoms with Crippen LogP contribution in [-0.2, 0) is 4.87 Å². The zero-order valence-corrected chi connectivity index (χ0v) is 13.0. The lowest BCUT2D eigenvalue weighted by molar-refractivity contribution is 0.757. The number of benzene rings is 1. The van der Waals surface area contributed by atoms with Crippen molar-refractivity contribution in [3.05, 3.63) is 35.4 Å². The van der Waals surface area contributed by atoms with Crippen LogP contribution in [0, 0.1) is 0 Å². The SMILES string of the molecule is CC(C[SiH](C)C)c1cccc(C(C)(C)Cl)c1. The van der Waals surface area contributed by atoms with Gasteiger partial charge in [-0.2, -0.15) is 0 Å². The minimum Gasteiger partial charge on any atom is -0.115 e. The second-order valence-corrected chi connectivity index (χ2v) is 9.83. The van der Waals surface area contributed by atoms with Gasteiger partial charge in [0.05, 0.1) is 4.87 Å². The molecule has 0 heterocycles. The lowest BCUT2D eigenvalue weighted by Crippen LogP contribution is -2.10. The smallest absolute Gasteiger partial charge is 0.0638 e. The van der Waals surface area contributed by atoms with Crippen LogP contribution in [0.5, 0.6) is 0 Å². The van der Waals surface area contributed by atoms with Crippen LogP contribution in [0.15, 0.2) is 24.3 Å². The van der Waals surface area contributed by atoms with Crippen LogP contribution in [0.3, 0.4) is 0 Å². The minimum absolute atomic E-state index is 0.259. The van der Waals surface area contributed by atoms with E-state index in [0.29, 0.717) is 5.92 Å². The van der Waals surface area contributed by atoms with Crippen molar-refractivity contribution in [3.63, 3.8) is 0 Å². The predicted molar refractivity (Wildman–Crippen MR) is 77.4 cm³/mol. The summed E-state index contributed by atoms with van der Waals surface area (Å²) in [5, 5.41) is 0. The van der Waals surface area contributed by atoms with Crippen LogP contribution in [-0.4, -0.2) is 8.80 Å². The van der Waals surface area contributed by atoms with Crippen molar-refractivity contribution in [2.45, 2.75) is 50.7 Å². The number of halogens is 1. The van der Waals surface area contributed by atoms with E-state index in [0.717, 1.165) is 0 Å². The molecule has 1 aromatic carbocycles. The molecule has 0 spiro atoms.